The van der Waals surface area contributed by atoms with Crippen LogP contribution in [0.4, 0.5) is 4.39 Å². The molecule has 0 saturated heterocycles. The number of rotatable bonds is 3. The van der Waals surface area contributed by atoms with Gasteiger partial charge in [0.05, 0.1) is 11.8 Å². The van der Waals surface area contributed by atoms with Crippen LogP contribution in [0.2, 0.25) is 0 Å². The molecule has 0 bridgehead atoms. The summed E-state index contributed by atoms with van der Waals surface area (Å²) in [6, 6.07) is 9.89. The van der Waals surface area contributed by atoms with Gasteiger partial charge in [0, 0.05) is 5.41 Å². The lowest BCUT2D eigenvalue weighted by Gasteiger charge is -2.15. The molecule has 2 aromatic heterocycles. The van der Waals surface area contributed by atoms with Crippen LogP contribution < -0.4 is 0 Å². The number of nitrogens with zero attached hydrogens (tertiary/aromatic N) is 3. The molecule has 0 saturated carbocycles. The number of furan rings is 1. The second-order valence-corrected chi connectivity index (χ2v) is 6.73. The molecule has 0 spiro atoms. The van der Waals surface area contributed by atoms with Gasteiger partial charge in [-0.05, 0) is 36.5 Å². The van der Waals surface area contributed by atoms with Gasteiger partial charge in [-0.1, -0.05) is 32.9 Å². The molecule has 0 fully saturated rings. The van der Waals surface area contributed by atoms with E-state index in [0.29, 0.717) is 27.7 Å². The van der Waals surface area contributed by atoms with Gasteiger partial charge in [0.15, 0.2) is 5.82 Å². The number of aromatic nitrogens is 3. The van der Waals surface area contributed by atoms with Crippen LogP contribution >= 0.6 is 12.2 Å². The Bertz CT molecular complexity index is 946. The summed E-state index contributed by atoms with van der Waals surface area (Å²) < 4.78 is 21.4. The van der Waals surface area contributed by atoms with Gasteiger partial charge in [0.2, 0.25) is 4.77 Å². The molecule has 2 heterocycles. The van der Waals surface area contributed by atoms with Crippen LogP contribution in [0.15, 0.2) is 45.9 Å². The monoisotopic (exact) mass is 344 g/mol. The van der Waals surface area contributed by atoms with Gasteiger partial charge in [0.25, 0.3) is 0 Å². The van der Waals surface area contributed by atoms with Crippen molar-refractivity contribution < 1.29 is 8.81 Å². The van der Waals surface area contributed by atoms with E-state index in [1.165, 1.54) is 12.3 Å². The van der Waals surface area contributed by atoms with Crippen LogP contribution in [-0.2, 0) is 5.41 Å². The number of aromatic amines is 1. The molecule has 0 unspecified atom stereocenters. The van der Waals surface area contributed by atoms with E-state index in [1.54, 1.807) is 35.0 Å². The summed E-state index contributed by atoms with van der Waals surface area (Å²) in [6.45, 7) is 6.06. The fourth-order valence-electron chi connectivity index (χ4n) is 2.23. The molecular weight excluding hydrogens is 327 g/mol. The highest BCUT2D eigenvalue weighted by molar-refractivity contribution is 7.71. The fourth-order valence-corrected chi connectivity index (χ4v) is 2.41. The van der Waals surface area contributed by atoms with Crippen molar-refractivity contribution in [2.45, 2.75) is 26.2 Å². The maximum atomic E-state index is 13.8. The molecule has 7 heteroatoms. The third kappa shape index (κ3) is 3.21. The predicted molar refractivity (Wildman–Crippen MR) is 93.2 cm³/mol. The maximum Gasteiger partial charge on any atom is 0.216 e. The smallest absolute Gasteiger partial charge is 0.216 e. The molecule has 124 valence electrons. The Labute approximate surface area is 143 Å². The Hall–Kier alpha value is -2.54. The minimum absolute atomic E-state index is 0.216. The highest BCUT2D eigenvalue weighted by Gasteiger charge is 2.21. The topological polar surface area (TPSA) is 59.1 Å². The number of benzene rings is 1. The molecule has 0 aliphatic rings. The summed E-state index contributed by atoms with van der Waals surface area (Å²) in [5.74, 6) is 1.32. The SMILES string of the molecule is CC(C)(C)c1n[nH]c(=S)n1/N=C\c1ccc(-c2ccccc2F)o1. The van der Waals surface area contributed by atoms with E-state index in [9.17, 15) is 4.39 Å². The Morgan fingerprint density at radius 3 is 2.71 bits per heavy atom. The molecule has 3 aromatic rings. The number of H-pyrrole nitrogens is 1. The Morgan fingerprint density at radius 1 is 1.25 bits per heavy atom. The molecule has 3 rings (SSSR count). The van der Waals surface area contributed by atoms with E-state index in [0.717, 1.165) is 0 Å². The number of hydrogen-bond acceptors (Lipinski definition) is 4. The molecular formula is C17H17FN4OS. The molecule has 24 heavy (non-hydrogen) atoms. The summed E-state index contributed by atoms with van der Waals surface area (Å²) in [5, 5.41) is 11.3. The van der Waals surface area contributed by atoms with E-state index in [-0.39, 0.29) is 11.2 Å². The van der Waals surface area contributed by atoms with E-state index >= 15 is 0 Å². The minimum Gasteiger partial charge on any atom is -0.455 e. The van der Waals surface area contributed by atoms with E-state index in [2.05, 4.69) is 15.3 Å². The van der Waals surface area contributed by atoms with Gasteiger partial charge in [-0.3, -0.25) is 5.10 Å². The largest absolute Gasteiger partial charge is 0.455 e. The zero-order chi connectivity index (χ0) is 17.3. The highest BCUT2D eigenvalue weighted by atomic mass is 32.1. The fraction of sp³-hybridized carbons (Fsp3) is 0.235. The summed E-state index contributed by atoms with van der Waals surface area (Å²) in [7, 11) is 0. The lowest BCUT2D eigenvalue weighted by molar-refractivity contribution is 0.515. The number of hydrogen-bond donors (Lipinski definition) is 1. The highest BCUT2D eigenvalue weighted by Crippen LogP contribution is 2.24. The zero-order valence-electron chi connectivity index (χ0n) is 13.6. The second-order valence-electron chi connectivity index (χ2n) is 6.34. The standard InChI is InChI=1S/C17H17FN4OS/c1-17(2,3)15-20-21-16(24)22(15)19-10-11-8-9-14(23-11)12-6-4-5-7-13(12)18/h4-10H,1-3H3,(H,21,24)/b19-10-. The lowest BCUT2D eigenvalue weighted by atomic mass is 9.96. The molecule has 1 N–H and O–H groups in total. The first-order chi connectivity index (χ1) is 11.4. The van der Waals surface area contributed by atoms with Gasteiger partial charge >= 0.3 is 0 Å². The van der Waals surface area contributed by atoms with Crippen molar-refractivity contribution in [3.63, 3.8) is 0 Å². The van der Waals surface area contributed by atoms with Crippen molar-refractivity contribution in [3.05, 3.63) is 58.6 Å². The van der Waals surface area contributed by atoms with E-state index in [1.807, 2.05) is 20.8 Å². The van der Waals surface area contributed by atoms with Gasteiger partial charge < -0.3 is 4.42 Å². The van der Waals surface area contributed by atoms with Crippen LogP contribution in [-0.4, -0.2) is 21.1 Å². The molecule has 0 radical (unpaired) electrons. The molecule has 1 aromatic carbocycles. The Kier molecular flexibility index (Phi) is 4.19. The van der Waals surface area contributed by atoms with Crippen LogP contribution in [0.25, 0.3) is 11.3 Å². The first kappa shape index (κ1) is 16.3. The summed E-state index contributed by atoms with van der Waals surface area (Å²) >= 11 is 5.21. The molecule has 5 nitrogen and oxygen atoms in total. The average molecular weight is 344 g/mol. The third-order valence-corrected chi connectivity index (χ3v) is 3.65. The first-order valence-corrected chi connectivity index (χ1v) is 7.84. The Balaban J connectivity index is 1.91. The van der Waals surface area contributed by atoms with Crippen molar-refractivity contribution in [3.8, 4) is 11.3 Å². The van der Waals surface area contributed by atoms with Crippen LogP contribution in [0.1, 0.15) is 32.4 Å². The zero-order valence-corrected chi connectivity index (χ0v) is 14.4. The molecule has 0 atom stereocenters. The van der Waals surface area contributed by atoms with Gasteiger partial charge in [0.1, 0.15) is 17.3 Å². The van der Waals surface area contributed by atoms with Crippen molar-refractivity contribution in [1.82, 2.24) is 14.9 Å². The summed E-state index contributed by atoms with van der Waals surface area (Å²) in [5.41, 5.74) is 0.194. The number of nitrogens with one attached hydrogen (secondary N) is 1. The molecule has 0 aliphatic carbocycles. The van der Waals surface area contributed by atoms with Crippen molar-refractivity contribution in [1.29, 1.82) is 0 Å². The summed E-state index contributed by atoms with van der Waals surface area (Å²) in [6.07, 6.45) is 1.53. The maximum absolute atomic E-state index is 13.8. The molecule has 0 aliphatic heterocycles. The quantitative estimate of drug-likeness (QED) is 0.561. The van der Waals surface area contributed by atoms with Crippen LogP contribution in [0, 0.1) is 10.6 Å². The Morgan fingerprint density at radius 2 is 2.00 bits per heavy atom. The number of halogens is 1. The van der Waals surface area contributed by atoms with Crippen LogP contribution in [0.5, 0.6) is 0 Å². The van der Waals surface area contributed by atoms with Crippen molar-refractivity contribution in [2.24, 2.45) is 5.10 Å². The minimum atomic E-state index is -0.331. The third-order valence-electron chi connectivity index (χ3n) is 3.39. The second kappa shape index (κ2) is 6.16. The van der Waals surface area contributed by atoms with Crippen molar-refractivity contribution >= 4 is 18.4 Å². The predicted octanol–water partition coefficient (Wildman–Crippen LogP) is 4.52. The average Bonchev–Trinajstić information content (AvgIpc) is 3.12. The van der Waals surface area contributed by atoms with Crippen LogP contribution in [0.3, 0.4) is 0 Å². The van der Waals surface area contributed by atoms with Crippen molar-refractivity contribution in [2.75, 3.05) is 0 Å². The summed E-state index contributed by atoms with van der Waals surface area (Å²) in [4.78, 5) is 0. The van der Waals surface area contributed by atoms with E-state index in [4.69, 9.17) is 16.6 Å². The first-order valence-electron chi connectivity index (χ1n) is 7.43. The van der Waals surface area contributed by atoms with Gasteiger partial charge in [-0.2, -0.15) is 14.9 Å². The molecule has 0 amide bonds. The van der Waals surface area contributed by atoms with Gasteiger partial charge in [-0.15, -0.1) is 0 Å². The normalized spacial score (nSPS) is 12.2. The lowest BCUT2D eigenvalue weighted by Crippen LogP contribution is -2.17. The van der Waals surface area contributed by atoms with Gasteiger partial charge in [-0.25, -0.2) is 4.39 Å². The van der Waals surface area contributed by atoms with E-state index < -0.39 is 0 Å².